The summed E-state index contributed by atoms with van der Waals surface area (Å²) >= 11 is 0. The number of anilines is 2. The third-order valence-electron chi connectivity index (χ3n) is 8.25. The largest absolute Gasteiger partial charge is 0.494 e. The van der Waals surface area contributed by atoms with E-state index in [0.717, 1.165) is 24.1 Å². The van der Waals surface area contributed by atoms with Crippen LogP contribution in [0.15, 0.2) is 109 Å². The lowest BCUT2D eigenvalue weighted by atomic mass is 10.1. The van der Waals surface area contributed by atoms with Crippen molar-refractivity contribution in [2.75, 3.05) is 23.4 Å². The summed E-state index contributed by atoms with van der Waals surface area (Å²) < 4.78 is 11.6. The minimum absolute atomic E-state index is 0.141. The molecular weight excluding hydrogens is 616 g/mol. The lowest BCUT2D eigenvalue weighted by molar-refractivity contribution is -0.137. The number of esters is 1. The number of unbranched alkanes of at least 4 members (excludes halogenated alkanes) is 6. The van der Waals surface area contributed by atoms with Crippen LogP contribution in [0.2, 0.25) is 0 Å². The van der Waals surface area contributed by atoms with Crippen molar-refractivity contribution in [3.05, 3.63) is 120 Å². The molecule has 0 saturated carbocycles. The minimum Gasteiger partial charge on any atom is -0.494 e. The number of amides is 1. The summed E-state index contributed by atoms with van der Waals surface area (Å²) in [5.74, 6) is -0.504. The maximum absolute atomic E-state index is 13.2. The van der Waals surface area contributed by atoms with Gasteiger partial charge in [-0.05, 0) is 66.9 Å². The van der Waals surface area contributed by atoms with Gasteiger partial charge >= 0.3 is 11.9 Å². The number of hydrogen-bond donors (Lipinski definition) is 2. The van der Waals surface area contributed by atoms with Gasteiger partial charge in [0.1, 0.15) is 11.8 Å². The van der Waals surface area contributed by atoms with E-state index in [4.69, 9.17) is 9.47 Å². The van der Waals surface area contributed by atoms with Crippen molar-refractivity contribution in [3.63, 3.8) is 0 Å². The Hall–Kier alpha value is -5.11. The number of carbonyl (C=O) groups excluding carboxylic acids is 2. The van der Waals surface area contributed by atoms with Gasteiger partial charge in [-0.1, -0.05) is 106 Å². The molecule has 0 aliphatic rings. The fourth-order valence-corrected chi connectivity index (χ4v) is 5.54. The molecule has 2 N–H and O–H groups in total. The normalized spacial score (nSPS) is 11.4. The number of nitrogens with zero attached hydrogens (tertiary/aromatic N) is 1. The third-order valence-corrected chi connectivity index (χ3v) is 8.25. The van der Waals surface area contributed by atoms with Crippen molar-refractivity contribution < 1.29 is 29.0 Å². The SMILES string of the molecule is CCCCCCCCCC(=O)N(CCCOc1ccc(CC(Nc2ccccc2OC(=O)c2ccccc2)C(=O)O)cc1)c1ccccc1. The first-order valence-corrected chi connectivity index (χ1v) is 17.4. The average Bonchev–Trinajstić information content (AvgIpc) is 3.13. The summed E-state index contributed by atoms with van der Waals surface area (Å²) in [7, 11) is 0. The number of carboxylic acids is 1. The molecule has 0 saturated heterocycles. The molecule has 1 atom stereocenters. The molecule has 1 amide bonds. The van der Waals surface area contributed by atoms with Crippen LogP contribution in [0.4, 0.5) is 11.4 Å². The molecule has 1 unspecified atom stereocenters. The van der Waals surface area contributed by atoms with Crippen LogP contribution in [0.1, 0.15) is 80.6 Å². The fourth-order valence-electron chi connectivity index (χ4n) is 5.54. The zero-order chi connectivity index (χ0) is 34.7. The molecule has 4 aromatic rings. The van der Waals surface area contributed by atoms with Gasteiger partial charge < -0.3 is 24.8 Å². The van der Waals surface area contributed by atoms with Gasteiger partial charge in [-0.25, -0.2) is 9.59 Å². The van der Waals surface area contributed by atoms with E-state index in [-0.39, 0.29) is 18.1 Å². The first kappa shape index (κ1) is 36.7. The number of carbonyl (C=O) groups is 3. The average molecular weight is 665 g/mol. The zero-order valence-electron chi connectivity index (χ0n) is 28.4. The van der Waals surface area contributed by atoms with E-state index in [2.05, 4.69) is 12.2 Å². The molecule has 4 rings (SSSR count). The summed E-state index contributed by atoms with van der Waals surface area (Å²) in [5, 5.41) is 13.0. The Labute approximate surface area is 290 Å². The molecule has 0 spiro atoms. The quantitative estimate of drug-likeness (QED) is 0.0521. The molecule has 0 aromatic heterocycles. The van der Waals surface area contributed by atoms with E-state index in [0.29, 0.717) is 43.0 Å². The second-order valence-corrected chi connectivity index (χ2v) is 12.1. The standard InChI is InChI=1S/C41H48N2O6/c1-2-3-4-5-6-7-14-24-39(44)43(34-20-12-9-13-21-34)29-17-30-48-35-27-25-32(26-28-35)31-37(40(45)46)42-36-22-15-16-23-38(36)49-41(47)33-18-10-8-11-19-33/h8-13,15-16,18-23,25-28,37,42H,2-7,14,17,24,29-31H2,1H3,(H,45,46). The Balaban J connectivity index is 1.26. The molecule has 49 heavy (non-hydrogen) atoms. The second kappa shape index (κ2) is 20.3. The van der Waals surface area contributed by atoms with Gasteiger partial charge in [0, 0.05) is 25.1 Å². The summed E-state index contributed by atoms with van der Waals surface area (Å²) in [6.07, 6.45) is 9.60. The number of para-hydroxylation sites is 3. The molecule has 0 aliphatic carbocycles. The second-order valence-electron chi connectivity index (χ2n) is 12.1. The van der Waals surface area contributed by atoms with E-state index in [9.17, 15) is 19.5 Å². The van der Waals surface area contributed by atoms with E-state index in [1.807, 2.05) is 65.6 Å². The first-order chi connectivity index (χ1) is 23.9. The fraction of sp³-hybridized carbons (Fsp3) is 0.341. The number of carboxylic acid groups (broad SMARTS) is 1. The molecule has 0 fully saturated rings. The highest BCUT2D eigenvalue weighted by Gasteiger charge is 2.21. The molecule has 8 heteroatoms. The molecular formula is C41H48N2O6. The van der Waals surface area contributed by atoms with Gasteiger partial charge in [-0.2, -0.15) is 0 Å². The van der Waals surface area contributed by atoms with Gasteiger partial charge in [0.15, 0.2) is 5.75 Å². The van der Waals surface area contributed by atoms with E-state index in [1.54, 1.807) is 48.5 Å². The Morgan fingerprint density at radius 1 is 0.735 bits per heavy atom. The minimum atomic E-state index is -1.03. The van der Waals surface area contributed by atoms with Crippen LogP contribution < -0.4 is 19.7 Å². The lowest BCUT2D eigenvalue weighted by Crippen LogP contribution is -2.32. The Morgan fingerprint density at radius 2 is 1.37 bits per heavy atom. The summed E-state index contributed by atoms with van der Waals surface area (Å²) in [4.78, 5) is 39.9. The van der Waals surface area contributed by atoms with Crippen LogP contribution >= 0.6 is 0 Å². The van der Waals surface area contributed by atoms with Crippen LogP contribution in [-0.2, 0) is 16.0 Å². The van der Waals surface area contributed by atoms with Gasteiger partial charge in [0.05, 0.1) is 17.9 Å². The third kappa shape index (κ3) is 12.5. The van der Waals surface area contributed by atoms with Crippen LogP contribution in [0.5, 0.6) is 11.5 Å². The maximum Gasteiger partial charge on any atom is 0.343 e. The molecule has 4 aromatic carbocycles. The van der Waals surface area contributed by atoms with Crippen LogP contribution in [-0.4, -0.2) is 42.1 Å². The number of hydrogen-bond acceptors (Lipinski definition) is 6. The number of benzene rings is 4. The van der Waals surface area contributed by atoms with E-state index in [1.165, 1.54) is 32.1 Å². The Morgan fingerprint density at radius 3 is 2.06 bits per heavy atom. The lowest BCUT2D eigenvalue weighted by Gasteiger charge is -2.23. The highest BCUT2D eigenvalue weighted by Crippen LogP contribution is 2.27. The van der Waals surface area contributed by atoms with Gasteiger partial charge in [-0.15, -0.1) is 0 Å². The van der Waals surface area contributed by atoms with Crippen LogP contribution in [0.3, 0.4) is 0 Å². The first-order valence-electron chi connectivity index (χ1n) is 17.4. The zero-order valence-corrected chi connectivity index (χ0v) is 28.4. The number of nitrogens with one attached hydrogen (secondary N) is 1. The monoisotopic (exact) mass is 664 g/mol. The van der Waals surface area contributed by atoms with Crippen molar-refractivity contribution in [2.45, 2.75) is 77.2 Å². The predicted octanol–water partition coefficient (Wildman–Crippen LogP) is 8.96. The highest BCUT2D eigenvalue weighted by atomic mass is 16.5. The molecule has 258 valence electrons. The topological polar surface area (TPSA) is 105 Å². The van der Waals surface area contributed by atoms with Crippen molar-refractivity contribution in [1.29, 1.82) is 0 Å². The van der Waals surface area contributed by atoms with Crippen molar-refractivity contribution in [2.24, 2.45) is 0 Å². The van der Waals surface area contributed by atoms with Gasteiger partial charge in [0.2, 0.25) is 5.91 Å². The van der Waals surface area contributed by atoms with Crippen LogP contribution in [0, 0.1) is 0 Å². The number of ether oxygens (including phenoxy) is 2. The smallest absolute Gasteiger partial charge is 0.343 e. The maximum atomic E-state index is 13.2. The molecule has 0 aliphatic heterocycles. The van der Waals surface area contributed by atoms with Crippen molar-refractivity contribution >= 4 is 29.2 Å². The molecule has 0 bridgehead atoms. The summed E-state index contributed by atoms with van der Waals surface area (Å²) in [6.45, 7) is 3.21. The Bertz CT molecular complexity index is 1580. The van der Waals surface area contributed by atoms with Crippen molar-refractivity contribution in [3.8, 4) is 11.5 Å². The summed E-state index contributed by atoms with van der Waals surface area (Å²) in [5.41, 5.74) is 2.51. The van der Waals surface area contributed by atoms with Gasteiger partial charge in [-0.3, -0.25) is 4.79 Å². The molecule has 0 radical (unpaired) electrons. The van der Waals surface area contributed by atoms with E-state index < -0.39 is 18.0 Å². The number of rotatable bonds is 21. The van der Waals surface area contributed by atoms with Gasteiger partial charge in [0.25, 0.3) is 0 Å². The number of aliphatic carboxylic acids is 1. The summed E-state index contributed by atoms with van der Waals surface area (Å²) in [6, 6.07) is 31.6. The highest BCUT2D eigenvalue weighted by molar-refractivity contribution is 5.93. The predicted molar refractivity (Wildman–Crippen MR) is 195 cm³/mol. The molecule has 8 nitrogen and oxygen atoms in total. The van der Waals surface area contributed by atoms with E-state index >= 15 is 0 Å². The molecule has 0 heterocycles. The van der Waals surface area contributed by atoms with Crippen LogP contribution in [0.25, 0.3) is 0 Å². The van der Waals surface area contributed by atoms with Crippen molar-refractivity contribution in [1.82, 2.24) is 0 Å². The Kier molecular flexibility index (Phi) is 15.2.